The summed E-state index contributed by atoms with van der Waals surface area (Å²) in [6.45, 7) is 1.98. The van der Waals surface area contributed by atoms with Crippen LogP contribution in [0.2, 0.25) is 0 Å². The molecule has 1 aliphatic heterocycles. The fourth-order valence-corrected chi connectivity index (χ4v) is 1.56. The van der Waals surface area contributed by atoms with Crippen LogP contribution in [0.15, 0.2) is 12.4 Å². The zero-order valence-electron chi connectivity index (χ0n) is 9.40. The summed E-state index contributed by atoms with van der Waals surface area (Å²) in [5.41, 5.74) is 0. The van der Waals surface area contributed by atoms with E-state index in [9.17, 15) is 4.39 Å². The van der Waals surface area contributed by atoms with E-state index in [-0.39, 0.29) is 5.82 Å². The predicted octanol–water partition coefficient (Wildman–Crippen LogP) is 1.83. The van der Waals surface area contributed by atoms with Crippen molar-refractivity contribution >= 4 is 17.9 Å². The minimum atomic E-state index is -0.374. The topological polar surface area (TPSA) is 55.0 Å². The Balaban J connectivity index is 0.000000386. The van der Waals surface area contributed by atoms with Crippen LogP contribution >= 0.6 is 11.9 Å². The maximum Gasteiger partial charge on any atom is 0.225 e. The van der Waals surface area contributed by atoms with Gasteiger partial charge in [0.05, 0.1) is 12.4 Å². The molecule has 0 bridgehead atoms. The number of hydrogen-bond donors (Lipinski definition) is 1. The first-order chi connectivity index (χ1) is 7.77. The summed E-state index contributed by atoms with van der Waals surface area (Å²) in [6.07, 6.45) is 7.90. The third-order valence-corrected chi connectivity index (χ3v) is 2.25. The van der Waals surface area contributed by atoms with Crippen molar-refractivity contribution in [3.05, 3.63) is 18.2 Å². The Morgan fingerprint density at radius 2 is 1.75 bits per heavy atom. The second kappa shape index (κ2) is 7.40. The largest absolute Gasteiger partial charge is 0.341 e. The van der Waals surface area contributed by atoms with E-state index in [4.69, 9.17) is 5.14 Å². The molecule has 2 rings (SSSR count). The van der Waals surface area contributed by atoms with E-state index in [1.165, 1.54) is 43.6 Å². The third kappa shape index (κ3) is 4.32. The van der Waals surface area contributed by atoms with Gasteiger partial charge in [-0.3, -0.25) is 5.14 Å². The second-order valence-corrected chi connectivity index (χ2v) is 3.96. The monoisotopic (exact) mass is 244 g/mol. The molecule has 1 aromatic heterocycles. The number of anilines is 1. The predicted molar refractivity (Wildman–Crippen MR) is 65.8 cm³/mol. The standard InChI is InChI=1S/C9H12FN3.CH5NS/c10-8-6-11-9(12-7-8)13-4-2-1-3-5-13;1-3-2/h6-7H,1-5H2;2H2,1H3. The van der Waals surface area contributed by atoms with Crippen LogP contribution in [0.4, 0.5) is 10.3 Å². The molecule has 0 spiro atoms. The molecule has 16 heavy (non-hydrogen) atoms. The van der Waals surface area contributed by atoms with Crippen LogP contribution in [0.3, 0.4) is 0 Å². The van der Waals surface area contributed by atoms with Gasteiger partial charge in [-0.05, 0) is 25.5 Å². The minimum Gasteiger partial charge on any atom is -0.341 e. The molecule has 2 heterocycles. The highest BCUT2D eigenvalue weighted by Gasteiger charge is 2.12. The van der Waals surface area contributed by atoms with Gasteiger partial charge in [-0.2, -0.15) is 0 Å². The normalized spacial score (nSPS) is 15.3. The van der Waals surface area contributed by atoms with Gasteiger partial charge in [-0.25, -0.2) is 14.4 Å². The molecule has 0 unspecified atom stereocenters. The molecule has 1 saturated heterocycles. The maximum atomic E-state index is 12.5. The lowest BCUT2D eigenvalue weighted by Crippen LogP contribution is -2.30. The van der Waals surface area contributed by atoms with Crippen LogP contribution < -0.4 is 10.0 Å². The summed E-state index contributed by atoms with van der Waals surface area (Å²) < 4.78 is 12.5. The summed E-state index contributed by atoms with van der Waals surface area (Å²) in [6, 6.07) is 0. The van der Waals surface area contributed by atoms with Gasteiger partial charge in [-0.15, -0.1) is 0 Å². The van der Waals surface area contributed by atoms with Crippen molar-refractivity contribution in [3.63, 3.8) is 0 Å². The van der Waals surface area contributed by atoms with E-state index in [0.717, 1.165) is 13.1 Å². The molecule has 0 atom stereocenters. The first-order valence-corrected chi connectivity index (χ1v) is 6.52. The van der Waals surface area contributed by atoms with E-state index >= 15 is 0 Å². The fraction of sp³-hybridized carbons (Fsp3) is 0.600. The fourth-order valence-electron chi connectivity index (χ4n) is 1.56. The van der Waals surface area contributed by atoms with Gasteiger partial charge in [0.1, 0.15) is 0 Å². The van der Waals surface area contributed by atoms with Crippen LogP contribution in [-0.2, 0) is 0 Å². The number of halogens is 1. The van der Waals surface area contributed by atoms with E-state index in [1.807, 2.05) is 6.26 Å². The van der Waals surface area contributed by atoms with E-state index in [1.54, 1.807) is 0 Å². The number of nitrogens with zero attached hydrogens (tertiary/aromatic N) is 3. The number of piperidine rings is 1. The lowest BCUT2D eigenvalue weighted by atomic mass is 10.1. The van der Waals surface area contributed by atoms with Crippen molar-refractivity contribution in [2.45, 2.75) is 19.3 Å². The zero-order valence-corrected chi connectivity index (χ0v) is 10.2. The molecule has 1 fully saturated rings. The summed E-state index contributed by atoms with van der Waals surface area (Å²) in [5, 5.41) is 4.76. The number of hydrogen-bond acceptors (Lipinski definition) is 5. The molecule has 2 N–H and O–H groups in total. The van der Waals surface area contributed by atoms with Crippen LogP contribution in [0, 0.1) is 5.82 Å². The Hall–Kier alpha value is -0.880. The van der Waals surface area contributed by atoms with Crippen molar-refractivity contribution in [2.24, 2.45) is 5.14 Å². The second-order valence-electron chi connectivity index (χ2n) is 3.48. The quantitative estimate of drug-likeness (QED) is 0.764. The third-order valence-electron chi connectivity index (χ3n) is 2.25. The molecule has 4 nitrogen and oxygen atoms in total. The average molecular weight is 244 g/mol. The van der Waals surface area contributed by atoms with Gasteiger partial charge in [0.15, 0.2) is 5.82 Å². The van der Waals surface area contributed by atoms with Crippen LogP contribution in [0.1, 0.15) is 19.3 Å². The Labute approximate surface area is 99.6 Å². The first-order valence-electron chi connectivity index (χ1n) is 5.23. The van der Waals surface area contributed by atoms with Gasteiger partial charge in [0.25, 0.3) is 0 Å². The Bertz CT molecular complexity index is 287. The summed E-state index contributed by atoms with van der Waals surface area (Å²) in [5.74, 6) is 0.279. The summed E-state index contributed by atoms with van der Waals surface area (Å²) in [4.78, 5) is 9.98. The molecule has 0 radical (unpaired) electrons. The van der Waals surface area contributed by atoms with E-state index in [2.05, 4.69) is 14.9 Å². The van der Waals surface area contributed by atoms with Gasteiger partial charge in [0.2, 0.25) is 5.95 Å². The number of rotatable bonds is 1. The first kappa shape index (κ1) is 13.2. The summed E-state index contributed by atoms with van der Waals surface area (Å²) in [7, 11) is 0. The number of aromatic nitrogens is 2. The van der Waals surface area contributed by atoms with Crippen molar-refractivity contribution in [2.75, 3.05) is 24.2 Å². The Morgan fingerprint density at radius 1 is 1.25 bits per heavy atom. The lowest BCUT2D eigenvalue weighted by molar-refractivity contribution is 0.562. The lowest BCUT2D eigenvalue weighted by Gasteiger charge is -2.26. The minimum absolute atomic E-state index is 0.374. The molecule has 1 aromatic rings. The van der Waals surface area contributed by atoms with Crippen molar-refractivity contribution in [1.29, 1.82) is 0 Å². The van der Waals surface area contributed by atoms with Gasteiger partial charge >= 0.3 is 0 Å². The van der Waals surface area contributed by atoms with Crippen LogP contribution in [0.25, 0.3) is 0 Å². The Morgan fingerprint density at radius 3 is 2.25 bits per heavy atom. The molecule has 0 saturated carbocycles. The average Bonchev–Trinajstić information content (AvgIpc) is 2.32. The van der Waals surface area contributed by atoms with Gasteiger partial charge in [-0.1, -0.05) is 11.9 Å². The van der Waals surface area contributed by atoms with Crippen LogP contribution in [-0.4, -0.2) is 29.3 Å². The highest BCUT2D eigenvalue weighted by molar-refractivity contribution is 7.96. The number of nitrogens with two attached hydrogens (primary N) is 1. The van der Waals surface area contributed by atoms with E-state index in [0.29, 0.717) is 5.95 Å². The molecule has 1 aliphatic rings. The van der Waals surface area contributed by atoms with E-state index < -0.39 is 0 Å². The smallest absolute Gasteiger partial charge is 0.225 e. The highest BCUT2D eigenvalue weighted by atomic mass is 32.2. The van der Waals surface area contributed by atoms with Gasteiger partial charge in [0, 0.05) is 13.1 Å². The molecule has 90 valence electrons. The maximum absolute atomic E-state index is 12.5. The SMILES string of the molecule is CSN.Fc1cnc(N2CCCCC2)nc1. The van der Waals surface area contributed by atoms with Crippen molar-refractivity contribution in [3.8, 4) is 0 Å². The molecular weight excluding hydrogens is 227 g/mol. The molecule has 0 aliphatic carbocycles. The summed E-state index contributed by atoms with van der Waals surface area (Å²) >= 11 is 1.25. The molecule has 0 aromatic carbocycles. The zero-order chi connectivity index (χ0) is 11.8. The molecular formula is C10H17FN4S. The highest BCUT2D eigenvalue weighted by Crippen LogP contribution is 2.14. The van der Waals surface area contributed by atoms with Crippen molar-refractivity contribution in [1.82, 2.24) is 9.97 Å². The van der Waals surface area contributed by atoms with Crippen LogP contribution in [0.5, 0.6) is 0 Å². The molecule has 0 amide bonds. The Kier molecular flexibility index (Phi) is 6.10. The van der Waals surface area contributed by atoms with Gasteiger partial charge < -0.3 is 4.90 Å². The van der Waals surface area contributed by atoms with Crippen molar-refractivity contribution < 1.29 is 4.39 Å². The molecule has 6 heteroatoms.